The zero-order valence-electron chi connectivity index (χ0n) is 56.4. The number of fused-ring (bicyclic) bond motifs is 8. The minimum atomic E-state index is 0.708. The first-order valence-corrected chi connectivity index (χ1v) is 35.2. The van der Waals surface area contributed by atoms with Gasteiger partial charge >= 0.3 is 0 Å². The fourth-order valence-corrected chi connectivity index (χ4v) is 13.3. The van der Waals surface area contributed by atoms with Gasteiger partial charge in [0.1, 0.15) is 11.5 Å². The summed E-state index contributed by atoms with van der Waals surface area (Å²) in [6.07, 6.45) is 38.8. The van der Waals surface area contributed by atoms with Crippen LogP contribution in [0.3, 0.4) is 0 Å². The third-order valence-corrected chi connectivity index (χ3v) is 18.8. The van der Waals surface area contributed by atoms with Crippen molar-refractivity contribution in [2.75, 3.05) is 13.2 Å². The summed E-state index contributed by atoms with van der Waals surface area (Å²) in [5.74, 6) is 1.79. The van der Waals surface area contributed by atoms with Crippen LogP contribution in [-0.4, -0.2) is 33.1 Å². The lowest BCUT2D eigenvalue weighted by molar-refractivity contribution is 0.296. The van der Waals surface area contributed by atoms with Crippen LogP contribution in [0.1, 0.15) is 284 Å². The number of aromatic amines is 2. The lowest BCUT2D eigenvalue weighted by Crippen LogP contribution is -2.01. The molecule has 6 aromatic rings. The number of nitrogens with one attached hydrogen (secondary N) is 2. The summed E-state index contributed by atoms with van der Waals surface area (Å²) in [7, 11) is 0. The Morgan fingerprint density at radius 2 is 0.830 bits per heavy atom. The molecule has 0 spiro atoms. The first kappa shape index (κ1) is 67.3. The van der Waals surface area contributed by atoms with E-state index < -0.39 is 0 Å². The standard InChI is InChI=1S/C82H110N4O2/c1-12-19-25-31-37-68-58(8)79-77(64-46-41-62(18-7)42-47-64)80-59(9)69(38-32-26-20-13-2)73(84-80)57-75-71(40-34-28-22-15-4)61(11)82(86-75)78(81-60(10)70(39-33-27-21-14-3)74(85-81)56-72(68)83-79)65-48-43-63(44-49-65)45-50-66-55-67(87-53-35-29-23-16-5)51-52-76(66)88-54-36-30-24-17-6/h18,41-52,55-57,83,86H,7,12-17,19-40,53-54H2,1-6,8-11H3/b50-45+,72-56?,73-57?,74-56?,75-57?,79-77?,80-77?,81-78?,82-78?. The lowest BCUT2D eigenvalue weighted by atomic mass is 9.93. The first-order chi connectivity index (χ1) is 43.1. The van der Waals surface area contributed by atoms with Crippen LogP contribution in [0.5, 0.6) is 11.5 Å². The van der Waals surface area contributed by atoms with E-state index in [1.807, 2.05) is 6.08 Å². The van der Waals surface area contributed by atoms with E-state index in [-0.39, 0.29) is 0 Å². The van der Waals surface area contributed by atoms with Gasteiger partial charge in [0.2, 0.25) is 0 Å². The van der Waals surface area contributed by atoms with E-state index in [1.54, 1.807) is 0 Å². The second-order valence-electron chi connectivity index (χ2n) is 25.5. The normalized spacial score (nSPS) is 12.6. The van der Waals surface area contributed by atoms with Gasteiger partial charge in [-0.2, -0.15) is 0 Å². The number of benzene rings is 3. The van der Waals surface area contributed by atoms with E-state index in [1.165, 1.54) is 182 Å². The molecule has 3 aromatic carbocycles. The van der Waals surface area contributed by atoms with Crippen molar-refractivity contribution in [3.05, 3.63) is 147 Å². The third kappa shape index (κ3) is 17.4. The molecule has 0 saturated carbocycles. The van der Waals surface area contributed by atoms with Gasteiger partial charge in [-0.25, -0.2) is 9.97 Å². The molecular formula is C82H110N4O2. The summed E-state index contributed by atoms with van der Waals surface area (Å²) in [4.78, 5) is 20.3. The van der Waals surface area contributed by atoms with E-state index in [4.69, 9.17) is 19.4 Å². The molecule has 5 heterocycles. The molecular weight excluding hydrogens is 1070 g/mol. The molecule has 8 rings (SSSR count). The minimum Gasteiger partial charge on any atom is -0.494 e. The molecule has 8 bridgehead atoms. The van der Waals surface area contributed by atoms with Crippen LogP contribution in [0, 0.1) is 13.8 Å². The molecule has 88 heavy (non-hydrogen) atoms. The van der Waals surface area contributed by atoms with Crippen LogP contribution >= 0.6 is 0 Å². The van der Waals surface area contributed by atoms with Gasteiger partial charge in [-0.1, -0.05) is 230 Å². The van der Waals surface area contributed by atoms with Crippen LogP contribution in [0.15, 0.2) is 85.4 Å². The molecule has 0 saturated heterocycles. The molecule has 0 unspecified atom stereocenters. The molecule has 2 aliphatic heterocycles. The van der Waals surface area contributed by atoms with Crippen molar-refractivity contribution in [1.82, 2.24) is 19.9 Å². The van der Waals surface area contributed by atoms with Crippen molar-refractivity contribution in [2.24, 2.45) is 0 Å². The number of nitrogens with zero attached hydrogens (tertiary/aromatic N) is 2. The van der Waals surface area contributed by atoms with Crippen LogP contribution < -0.4 is 9.47 Å². The Labute approximate surface area is 532 Å². The molecule has 6 heteroatoms. The van der Waals surface area contributed by atoms with Crippen LogP contribution in [0.2, 0.25) is 0 Å². The highest BCUT2D eigenvalue weighted by Gasteiger charge is 2.27. The smallest absolute Gasteiger partial charge is 0.126 e. The average Bonchev–Trinajstić information content (AvgIpc) is 3.46. The van der Waals surface area contributed by atoms with Crippen molar-refractivity contribution in [1.29, 1.82) is 0 Å². The van der Waals surface area contributed by atoms with Gasteiger partial charge in [-0.15, -0.1) is 0 Å². The van der Waals surface area contributed by atoms with Crippen molar-refractivity contribution < 1.29 is 9.47 Å². The van der Waals surface area contributed by atoms with Crippen molar-refractivity contribution in [3.8, 4) is 33.8 Å². The highest BCUT2D eigenvalue weighted by molar-refractivity contribution is 6.03. The number of allylic oxidation sites excluding steroid dienone is 4. The Morgan fingerprint density at radius 1 is 0.420 bits per heavy atom. The van der Waals surface area contributed by atoms with Crippen molar-refractivity contribution in [3.63, 3.8) is 0 Å². The predicted molar refractivity (Wildman–Crippen MR) is 384 cm³/mol. The maximum Gasteiger partial charge on any atom is 0.126 e. The highest BCUT2D eigenvalue weighted by atomic mass is 16.5. The summed E-state index contributed by atoms with van der Waals surface area (Å²) >= 11 is 0. The molecule has 470 valence electrons. The molecule has 0 fully saturated rings. The molecule has 6 nitrogen and oxygen atoms in total. The molecule has 0 atom stereocenters. The zero-order valence-corrected chi connectivity index (χ0v) is 56.4. The van der Waals surface area contributed by atoms with Gasteiger partial charge < -0.3 is 19.4 Å². The van der Waals surface area contributed by atoms with E-state index in [9.17, 15) is 0 Å². The van der Waals surface area contributed by atoms with Crippen LogP contribution in [0.4, 0.5) is 0 Å². The summed E-state index contributed by atoms with van der Waals surface area (Å²) in [5.41, 5.74) is 27.6. The van der Waals surface area contributed by atoms with Crippen molar-refractivity contribution >= 4 is 62.6 Å². The summed E-state index contributed by atoms with van der Waals surface area (Å²) < 4.78 is 12.8. The quantitative estimate of drug-likeness (QED) is 0.0301. The van der Waals surface area contributed by atoms with Crippen LogP contribution in [-0.2, 0) is 12.8 Å². The molecule has 0 aliphatic carbocycles. The number of ether oxygens (including phenoxy) is 2. The number of unbranched alkanes of at least 4 members (excludes halogenated alkanes) is 18. The molecule has 0 radical (unpaired) electrons. The Hall–Kier alpha value is -6.66. The van der Waals surface area contributed by atoms with E-state index >= 15 is 0 Å². The van der Waals surface area contributed by atoms with E-state index in [0.29, 0.717) is 6.61 Å². The van der Waals surface area contributed by atoms with Gasteiger partial charge in [-0.3, -0.25) is 0 Å². The van der Waals surface area contributed by atoms with E-state index in [0.717, 1.165) is 144 Å². The predicted octanol–water partition coefficient (Wildman–Crippen LogP) is 25.0. The number of aromatic nitrogens is 4. The Bertz CT molecular complexity index is 3490. The summed E-state index contributed by atoms with van der Waals surface area (Å²) in [5, 5.41) is 0. The second kappa shape index (κ2) is 34.9. The largest absolute Gasteiger partial charge is 0.494 e. The molecule has 0 amide bonds. The average molecular weight is 1180 g/mol. The molecule has 2 N–H and O–H groups in total. The number of hydrogen-bond donors (Lipinski definition) is 2. The van der Waals surface area contributed by atoms with E-state index in [2.05, 4.69) is 177 Å². The third-order valence-electron chi connectivity index (χ3n) is 18.8. The van der Waals surface area contributed by atoms with Crippen molar-refractivity contribution in [2.45, 2.75) is 249 Å². The Balaban J connectivity index is 1.41. The number of hydrogen-bond acceptors (Lipinski definition) is 4. The summed E-state index contributed by atoms with van der Waals surface area (Å²) in [6.45, 7) is 28.8. The zero-order chi connectivity index (χ0) is 62.2. The first-order valence-electron chi connectivity index (χ1n) is 35.2. The van der Waals surface area contributed by atoms with Gasteiger partial charge in [-0.05, 0) is 189 Å². The van der Waals surface area contributed by atoms with Gasteiger partial charge in [0, 0.05) is 27.7 Å². The van der Waals surface area contributed by atoms with Crippen LogP contribution in [0.25, 0.3) is 84.8 Å². The SMILES string of the molecule is C=Cc1ccc(-c2c3nc(cc4[nH]c(c(C)c4CCCCCC)c(-c4ccc(/C=C/c5cc(OCCCCCC)ccc5OCCCCCC)cc4)c4nc(cc5[nH]c2c(C)c5CCCCCC)C(CCCCCC)=C4C)C(CCCCCC)=C3C)cc1. The molecule has 3 aromatic heterocycles. The fraction of sp³-hybridized carbons (Fsp3) is 0.488. The Kier molecular flexibility index (Phi) is 26.7. The number of rotatable bonds is 37. The Morgan fingerprint density at radius 3 is 1.26 bits per heavy atom. The van der Waals surface area contributed by atoms with Gasteiger partial charge in [0.25, 0.3) is 0 Å². The monoisotopic (exact) mass is 1180 g/mol. The van der Waals surface area contributed by atoms with Gasteiger partial charge in [0.05, 0.1) is 47.0 Å². The molecule has 2 aliphatic rings. The maximum absolute atomic E-state index is 6.50. The summed E-state index contributed by atoms with van der Waals surface area (Å²) in [6, 6.07) is 29.5. The highest BCUT2D eigenvalue weighted by Crippen LogP contribution is 2.45. The lowest BCUT2D eigenvalue weighted by Gasteiger charge is -2.12. The topological polar surface area (TPSA) is 75.8 Å². The number of H-pyrrole nitrogens is 2. The fourth-order valence-electron chi connectivity index (χ4n) is 13.3. The number of aryl methyl sites for hydroxylation is 4. The second-order valence-corrected chi connectivity index (χ2v) is 25.5. The maximum atomic E-state index is 6.50. The van der Waals surface area contributed by atoms with Gasteiger partial charge in [0.15, 0.2) is 0 Å². The minimum absolute atomic E-state index is 0.708.